The van der Waals surface area contributed by atoms with Crippen LogP contribution in [-0.4, -0.2) is 153 Å². The molecule has 37 heteroatoms. The molecule has 4 amide bonds. The number of carbonyl (C=O) groups excluding carboxylic acids is 4. The van der Waals surface area contributed by atoms with E-state index in [4.69, 9.17) is 113 Å². The summed E-state index contributed by atoms with van der Waals surface area (Å²) >= 11 is 25.4. The molecule has 4 aliphatic rings. The predicted molar refractivity (Wildman–Crippen MR) is 531 cm³/mol. The molecule has 1 saturated heterocycles. The van der Waals surface area contributed by atoms with Gasteiger partial charge < -0.3 is 67.5 Å². The molecule has 9 heterocycles. The van der Waals surface area contributed by atoms with E-state index in [1.165, 1.54) is 24.3 Å². The fourth-order valence-corrected chi connectivity index (χ4v) is 19.9. The highest BCUT2D eigenvalue weighted by Crippen LogP contribution is 2.48. The van der Waals surface area contributed by atoms with Crippen LogP contribution in [0.3, 0.4) is 0 Å². The van der Waals surface area contributed by atoms with Crippen molar-refractivity contribution in [2.75, 3.05) is 36.0 Å². The lowest BCUT2D eigenvalue weighted by Gasteiger charge is -2.47. The Morgan fingerprint density at radius 2 is 0.688 bits per heavy atom. The number of nitrogens with zero attached hydrogens (tertiary/aromatic N) is 13. The molecule has 29 nitrogen and oxygen atoms in total. The number of hydrogen-bond donors (Lipinski definition) is 7. The lowest BCUT2D eigenvalue weighted by atomic mass is 9.87. The number of nitrogens with two attached hydrogens (primary N) is 4. The molecular formula is C101H126Cl4F4N20O9. The maximum Gasteiger partial charge on any atom is 0.260 e. The van der Waals surface area contributed by atoms with E-state index in [1.807, 2.05) is 163 Å². The van der Waals surface area contributed by atoms with Crippen LogP contribution in [0.25, 0.3) is 22.1 Å². The molecule has 0 bridgehead atoms. The summed E-state index contributed by atoms with van der Waals surface area (Å²) in [7, 11) is 0. The number of nitrogen functional groups attached to an aromatic ring is 4. The fourth-order valence-electron chi connectivity index (χ4n) is 19.0. The first kappa shape index (κ1) is 104. The number of hydrogen-bond acceptors (Lipinski definition) is 21. The van der Waals surface area contributed by atoms with E-state index in [9.17, 15) is 19.2 Å². The van der Waals surface area contributed by atoms with Crippen LogP contribution in [0.2, 0.25) is 20.1 Å². The van der Waals surface area contributed by atoms with Gasteiger partial charge >= 0.3 is 0 Å². The standard InChI is InChI=1S/C27H35ClFN5O3.C26H33ClFN5O2.C25H31ClFN5O2.C23H27ClFN5O2/c1-14(2)36-22-17(15(3)24-32-16(4)21-23(30)31-9-10-34(21)24)11-18(28)20(29)19(22)25(35)33-12-26(5,6)37-27(7,8)13-33;1-13(2)35-23-18(15(4)25-31-16(5)22-24(29)30-10-11-33(22)25)12-19(27)21(28)20(23)26(34)32-17-8-6-14(3)7-9-17;1-12(2)34-22-16(14(4)24-30-15(5)21-23(28)29-9-10-32(21)24)11-17(26)20(27)19(22)25(33)31-18-8-6-7-13(18)3;1-10(2)32-20-14(9-15(24)18(25)17(20)23(31)29-16-8-11(16)3)12(4)22-28-13(5)19-21(26)27-6-7-30(19)22/h9-11,14-15H,12-13H2,1-8H3,(H2,30,31);10-15,17H,6-9H2,1-5H3,(H2,29,30)(H,32,34);9-14,18H,6-8H2,1-5H3,(H2,28,29)(H,31,33);6-7,9-12,16H,8H2,1-5H3,(H2,26,27)(H,29,31). The number of rotatable bonds is 23. The Morgan fingerprint density at radius 1 is 0.413 bits per heavy atom. The fraction of sp³-hybridized carbons (Fsp3) is 0.485. The number of imidazole rings is 4. The maximum atomic E-state index is 15.7. The van der Waals surface area contributed by atoms with Crippen molar-refractivity contribution in [3.8, 4) is 23.0 Å². The van der Waals surface area contributed by atoms with Gasteiger partial charge in [0.2, 0.25) is 0 Å². The molecule has 8 atom stereocenters. The van der Waals surface area contributed by atoms with Gasteiger partial charge in [-0.15, -0.1) is 0 Å². The molecule has 16 rings (SSSR count). The number of fused-ring (bicyclic) bond motifs is 4. The molecule has 4 aromatic carbocycles. The number of amides is 4. The largest absolute Gasteiger partial charge is 0.490 e. The summed E-state index contributed by atoms with van der Waals surface area (Å²) < 4.78 is 99.6. The summed E-state index contributed by atoms with van der Waals surface area (Å²) in [5.74, 6) is -0.638. The van der Waals surface area contributed by atoms with E-state index < -0.39 is 64.0 Å². The van der Waals surface area contributed by atoms with Gasteiger partial charge in [-0.2, -0.15) is 0 Å². The van der Waals surface area contributed by atoms with Crippen molar-refractivity contribution in [3.05, 3.63) is 208 Å². The van der Waals surface area contributed by atoms with Crippen LogP contribution < -0.4 is 57.8 Å². The minimum Gasteiger partial charge on any atom is -0.490 e. The van der Waals surface area contributed by atoms with Crippen molar-refractivity contribution in [1.29, 1.82) is 0 Å². The molecule has 0 radical (unpaired) electrons. The second-order valence-corrected chi connectivity index (χ2v) is 40.9. The predicted octanol–water partition coefficient (Wildman–Crippen LogP) is 20.8. The van der Waals surface area contributed by atoms with Crippen molar-refractivity contribution in [2.45, 2.75) is 288 Å². The zero-order valence-electron chi connectivity index (χ0n) is 82.4. The van der Waals surface area contributed by atoms with E-state index in [0.29, 0.717) is 127 Å². The van der Waals surface area contributed by atoms with Crippen LogP contribution in [0, 0.1) is 68.7 Å². The van der Waals surface area contributed by atoms with Crippen LogP contribution in [-0.2, 0) is 4.74 Å². The summed E-state index contributed by atoms with van der Waals surface area (Å²) in [6, 6.07) is 6.10. The number of aromatic nitrogens is 12. The van der Waals surface area contributed by atoms with Crippen molar-refractivity contribution in [3.63, 3.8) is 0 Å². The van der Waals surface area contributed by atoms with Gasteiger partial charge in [0, 0.05) is 127 Å². The Kier molecular flexibility index (Phi) is 31.5. The molecule has 8 unspecified atom stereocenters. The number of benzene rings is 4. The van der Waals surface area contributed by atoms with Crippen LogP contribution in [0.5, 0.6) is 23.0 Å². The van der Waals surface area contributed by atoms with Gasteiger partial charge in [0.1, 0.15) is 114 Å². The van der Waals surface area contributed by atoms with E-state index in [2.05, 4.69) is 49.7 Å². The second-order valence-electron chi connectivity index (χ2n) is 39.3. The van der Waals surface area contributed by atoms with E-state index in [0.717, 1.165) is 68.4 Å². The first-order chi connectivity index (χ1) is 64.9. The van der Waals surface area contributed by atoms with Gasteiger partial charge in [0.05, 0.1) is 78.5 Å². The monoisotopic (exact) mass is 1980 g/mol. The van der Waals surface area contributed by atoms with Gasteiger partial charge in [0.25, 0.3) is 23.6 Å². The first-order valence-electron chi connectivity index (χ1n) is 46.9. The highest BCUT2D eigenvalue weighted by atomic mass is 35.5. The number of carbonyl (C=O) groups is 4. The highest BCUT2D eigenvalue weighted by Gasteiger charge is 2.45. The Balaban J connectivity index is 0.000000155. The van der Waals surface area contributed by atoms with Crippen molar-refractivity contribution in [1.82, 2.24) is 78.3 Å². The zero-order chi connectivity index (χ0) is 101. The average Bonchev–Trinajstić information content (AvgIpc) is 1.72. The molecule has 3 saturated carbocycles. The van der Waals surface area contributed by atoms with E-state index in [-0.39, 0.29) is 126 Å². The number of halogens is 8. The average molecular weight is 1980 g/mol. The zero-order valence-corrected chi connectivity index (χ0v) is 85.4. The summed E-state index contributed by atoms with van der Waals surface area (Å²) in [5.41, 5.74) is 30.4. The first-order valence-corrected chi connectivity index (χ1v) is 48.4. The SMILES string of the molecule is Cc1nc(C(C)c2cc(Cl)c(F)c(C(=O)N3CC(C)(C)OC(C)(C)C3)c2OC(C)C)n2ccnc(N)c12.Cc1nc(C(C)c2cc(Cl)c(F)c(C(=O)NC3CC3C)c2OC(C)C)n2ccnc(N)c12.Cc1nc(C(C)c2cc(Cl)c(F)c(C(=O)NC3CCC(C)CC3)c2OC(C)C)n2ccnc(N)c12.Cc1nc(C(C)c2cc(Cl)c(F)c(C(=O)NC3CCCC3C)c2OC(C)C)n2ccnc(N)c12. The Labute approximate surface area is 821 Å². The number of nitrogens with one attached hydrogen (secondary N) is 3. The van der Waals surface area contributed by atoms with Gasteiger partial charge in [-0.1, -0.05) is 101 Å². The Hall–Kier alpha value is -11.5. The summed E-state index contributed by atoms with van der Waals surface area (Å²) in [6.07, 6.45) is 19.9. The number of aryl methyl sites for hydroxylation is 4. The van der Waals surface area contributed by atoms with Crippen LogP contribution >= 0.6 is 46.4 Å². The van der Waals surface area contributed by atoms with Crippen LogP contribution in [0.4, 0.5) is 40.8 Å². The molecule has 8 aromatic heterocycles. The van der Waals surface area contributed by atoms with E-state index in [1.54, 1.807) is 54.5 Å². The molecule has 11 N–H and O–H groups in total. The molecule has 740 valence electrons. The molecular weight excluding hydrogens is 1860 g/mol. The highest BCUT2D eigenvalue weighted by molar-refractivity contribution is 6.32. The molecule has 138 heavy (non-hydrogen) atoms. The number of ether oxygens (including phenoxy) is 5. The van der Waals surface area contributed by atoms with Gasteiger partial charge in [-0.05, 0) is 198 Å². The number of morpholine rings is 1. The normalized spacial score (nSPS) is 18.7. The Morgan fingerprint density at radius 3 is 0.964 bits per heavy atom. The van der Waals surface area contributed by atoms with Crippen molar-refractivity contribution >= 4 is 115 Å². The molecule has 12 aromatic rings. The molecule has 3 aliphatic carbocycles. The molecule has 0 spiro atoms. The van der Waals surface area contributed by atoms with Crippen LogP contribution in [0.15, 0.2) is 73.8 Å². The smallest absolute Gasteiger partial charge is 0.260 e. The topological polar surface area (TPSA) is 379 Å². The van der Waals surface area contributed by atoms with E-state index >= 15 is 17.6 Å². The lowest BCUT2D eigenvalue weighted by Crippen LogP contribution is -2.58. The summed E-state index contributed by atoms with van der Waals surface area (Å²) in [6.45, 7) is 44.3. The second kappa shape index (κ2) is 41.9. The quantitative estimate of drug-likeness (QED) is 0.0292. The third kappa shape index (κ3) is 21.9. The summed E-state index contributed by atoms with van der Waals surface area (Å²) in [4.78, 5) is 90.9. The minimum absolute atomic E-state index is 0.000723. The van der Waals surface area contributed by atoms with Crippen LogP contribution in [0.1, 0.15) is 316 Å². The maximum absolute atomic E-state index is 15.7. The molecule has 4 fully saturated rings. The molecule has 1 aliphatic heterocycles. The van der Waals surface area contributed by atoms with Gasteiger partial charge in [-0.3, -0.25) is 36.8 Å². The lowest BCUT2D eigenvalue weighted by molar-refractivity contribution is -0.171. The summed E-state index contributed by atoms with van der Waals surface area (Å²) in [5, 5.41) is 8.34. The van der Waals surface area contributed by atoms with Gasteiger partial charge in [0.15, 0.2) is 23.3 Å². The third-order valence-corrected chi connectivity index (χ3v) is 26.7. The van der Waals surface area contributed by atoms with Crippen molar-refractivity contribution in [2.24, 2.45) is 17.8 Å². The minimum atomic E-state index is -0.807. The van der Waals surface area contributed by atoms with Crippen molar-refractivity contribution < 1.29 is 60.4 Å². The Bertz CT molecular complexity index is 6610. The van der Waals surface area contributed by atoms with Gasteiger partial charge in [-0.25, -0.2) is 57.4 Å². The third-order valence-electron chi connectivity index (χ3n) is 25.6. The number of anilines is 4.